The van der Waals surface area contributed by atoms with Gasteiger partial charge in [-0.15, -0.1) is 11.8 Å². The Kier molecular flexibility index (Phi) is 9.15. The van der Waals surface area contributed by atoms with Crippen molar-refractivity contribution in [2.75, 3.05) is 19.5 Å². The molecule has 2 saturated heterocycles. The third-order valence-electron chi connectivity index (χ3n) is 6.57. The van der Waals surface area contributed by atoms with Gasteiger partial charge in [0.2, 0.25) is 0 Å². The Morgan fingerprint density at radius 1 is 0.784 bits per heavy atom. The quantitative estimate of drug-likeness (QED) is 0.336. The van der Waals surface area contributed by atoms with Crippen molar-refractivity contribution in [2.45, 2.75) is 56.3 Å². The first-order chi connectivity index (χ1) is 18.2. The lowest BCUT2D eigenvalue weighted by molar-refractivity contribution is -0.329. The first kappa shape index (κ1) is 26.2. The fourth-order valence-electron chi connectivity index (χ4n) is 4.67. The van der Waals surface area contributed by atoms with Crippen LogP contribution < -0.4 is 4.74 Å². The third-order valence-corrected chi connectivity index (χ3v) is 7.61. The minimum Gasteiger partial charge on any atom is -0.497 e. The Labute approximate surface area is 223 Å². The monoisotopic (exact) mass is 522 g/mol. The van der Waals surface area contributed by atoms with Crippen LogP contribution >= 0.6 is 11.8 Å². The summed E-state index contributed by atoms with van der Waals surface area (Å²) in [6, 6.07) is 28.1. The normalized spacial score (nSPS) is 27.4. The van der Waals surface area contributed by atoms with E-state index in [-0.39, 0.29) is 29.9 Å². The highest BCUT2D eigenvalue weighted by atomic mass is 32.2. The summed E-state index contributed by atoms with van der Waals surface area (Å²) in [6.07, 6.45) is -1.78. The largest absolute Gasteiger partial charge is 0.497 e. The summed E-state index contributed by atoms with van der Waals surface area (Å²) >= 11 is 1.73. The van der Waals surface area contributed by atoms with E-state index in [0.29, 0.717) is 19.8 Å². The molecule has 0 saturated carbocycles. The molecule has 0 amide bonds. The standard InChI is InChI=1S/C30H34O6S/c1-3-37-30-28(33-19-22-12-8-5-9-13-22)27(32-18-21-10-6-4-7-11-21)26-25(35-30)20-34-29(36-26)23-14-16-24(31-2)17-15-23/h4-17,25-30H,3,18-20H2,1-2H3/t25-,26-,27+,28-,29?,30+/m1/s1. The summed E-state index contributed by atoms with van der Waals surface area (Å²) in [5.41, 5.74) is 2.94. The Morgan fingerprint density at radius 2 is 1.41 bits per heavy atom. The minimum absolute atomic E-state index is 0.194. The number of rotatable bonds is 10. The van der Waals surface area contributed by atoms with Crippen LogP contribution in [0.15, 0.2) is 84.9 Å². The lowest BCUT2D eigenvalue weighted by atomic mass is 9.98. The molecule has 2 aliphatic rings. The fraction of sp³-hybridized carbons (Fsp3) is 0.400. The fourth-order valence-corrected chi connectivity index (χ4v) is 5.65. The molecular formula is C30H34O6S. The number of hydrogen-bond acceptors (Lipinski definition) is 7. The molecule has 0 N–H and O–H groups in total. The Hall–Kier alpha value is -2.39. The van der Waals surface area contributed by atoms with Gasteiger partial charge in [-0.1, -0.05) is 79.7 Å². The average Bonchev–Trinajstić information content (AvgIpc) is 2.96. The van der Waals surface area contributed by atoms with E-state index in [2.05, 4.69) is 31.2 Å². The number of fused-ring (bicyclic) bond motifs is 1. The zero-order valence-corrected chi connectivity index (χ0v) is 22.0. The predicted molar refractivity (Wildman–Crippen MR) is 143 cm³/mol. The Morgan fingerprint density at radius 3 is 2.00 bits per heavy atom. The molecule has 1 unspecified atom stereocenters. The van der Waals surface area contributed by atoms with Crippen molar-refractivity contribution < 1.29 is 28.4 Å². The van der Waals surface area contributed by atoms with Crippen LogP contribution in [0.4, 0.5) is 0 Å². The topological polar surface area (TPSA) is 55.4 Å². The van der Waals surface area contributed by atoms with E-state index >= 15 is 0 Å². The summed E-state index contributed by atoms with van der Waals surface area (Å²) in [4.78, 5) is 0. The van der Waals surface area contributed by atoms with Crippen molar-refractivity contribution >= 4 is 11.8 Å². The zero-order valence-electron chi connectivity index (χ0n) is 21.2. The molecule has 2 fully saturated rings. The maximum absolute atomic E-state index is 6.62. The summed E-state index contributed by atoms with van der Waals surface area (Å²) in [6.45, 7) is 3.47. The first-order valence-corrected chi connectivity index (χ1v) is 13.8. The van der Waals surface area contributed by atoms with Crippen molar-refractivity contribution in [1.82, 2.24) is 0 Å². The molecule has 3 aromatic rings. The van der Waals surface area contributed by atoms with Gasteiger partial charge in [-0.2, -0.15) is 0 Å². The van der Waals surface area contributed by atoms with Gasteiger partial charge in [0.1, 0.15) is 35.6 Å². The summed E-state index contributed by atoms with van der Waals surface area (Å²) in [5, 5.41) is 0. The number of ether oxygens (including phenoxy) is 6. The number of thioether (sulfide) groups is 1. The van der Waals surface area contributed by atoms with E-state index in [1.165, 1.54) is 0 Å². The summed E-state index contributed by atoms with van der Waals surface area (Å²) in [7, 11) is 1.65. The predicted octanol–water partition coefficient (Wildman–Crippen LogP) is 5.76. The van der Waals surface area contributed by atoms with E-state index in [4.69, 9.17) is 28.4 Å². The lowest BCUT2D eigenvalue weighted by Gasteiger charge is -2.49. The molecule has 3 aromatic carbocycles. The van der Waals surface area contributed by atoms with Crippen LogP contribution in [0.1, 0.15) is 29.9 Å². The van der Waals surface area contributed by atoms with Crippen LogP contribution in [0.3, 0.4) is 0 Å². The number of benzene rings is 3. The molecule has 0 bridgehead atoms. The first-order valence-electron chi connectivity index (χ1n) is 12.7. The molecule has 2 aliphatic heterocycles. The van der Waals surface area contributed by atoms with Crippen molar-refractivity contribution in [2.24, 2.45) is 0 Å². The van der Waals surface area contributed by atoms with Crippen LogP contribution in [0, 0.1) is 0 Å². The second kappa shape index (κ2) is 12.9. The summed E-state index contributed by atoms with van der Waals surface area (Å²) < 4.78 is 37.7. The molecule has 196 valence electrons. The van der Waals surface area contributed by atoms with E-state index in [1.54, 1.807) is 18.9 Å². The van der Waals surface area contributed by atoms with Gasteiger partial charge in [-0.25, -0.2) is 0 Å². The van der Waals surface area contributed by atoms with Gasteiger partial charge >= 0.3 is 0 Å². The highest BCUT2D eigenvalue weighted by Gasteiger charge is 2.51. The minimum atomic E-state index is -0.524. The zero-order chi connectivity index (χ0) is 25.5. The Balaban J connectivity index is 1.39. The van der Waals surface area contributed by atoms with Gasteiger partial charge in [0, 0.05) is 5.56 Å². The molecule has 6 atom stereocenters. The third kappa shape index (κ3) is 6.55. The van der Waals surface area contributed by atoms with Crippen molar-refractivity contribution in [3.63, 3.8) is 0 Å². The van der Waals surface area contributed by atoms with E-state index in [0.717, 1.165) is 28.2 Å². The second-order valence-electron chi connectivity index (χ2n) is 9.06. The average molecular weight is 523 g/mol. The molecule has 0 aromatic heterocycles. The van der Waals surface area contributed by atoms with Crippen LogP contribution in [0.5, 0.6) is 5.75 Å². The molecule has 5 rings (SSSR count). The smallest absolute Gasteiger partial charge is 0.184 e. The van der Waals surface area contributed by atoms with Crippen molar-refractivity contribution in [3.8, 4) is 5.75 Å². The van der Waals surface area contributed by atoms with Crippen LogP contribution in [-0.4, -0.2) is 49.3 Å². The molecule has 0 spiro atoms. The van der Waals surface area contributed by atoms with Gasteiger partial charge in [-0.05, 0) is 29.0 Å². The molecule has 0 aliphatic carbocycles. The molecule has 7 heteroatoms. The lowest BCUT2D eigenvalue weighted by Crippen LogP contribution is -2.62. The van der Waals surface area contributed by atoms with Gasteiger partial charge in [0.05, 0.1) is 26.9 Å². The van der Waals surface area contributed by atoms with Crippen molar-refractivity contribution in [3.05, 3.63) is 102 Å². The van der Waals surface area contributed by atoms with Crippen molar-refractivity contribution in [1.29, 1.82) is 0 Å². The van der Waals surface area contributed by atoms with E-state index in [1.807, 2.05) is 60.7 Å². The molecular weight excluding hydrogens is 488 g/mol. The van der Waals surface area contributed by atoms with Gasteiger partial charge in [-0.3, -0.25) is 0 Å². The highest BCUT2D eigenvalue weighted by Crippen LogP contribution is 2.40. The molecule has 0 radical (unpaired) electrons. The van der Waals surface area contributed by atoms with E-state index in [9.17, 15) is 0 Å². The highest BCUT2D eigenvalue weighted by molar-refractivity contribution is 7.99. The van der Waals surface area contributed by atoms with Gasteiger partial charge < -0.3 is 28.4 Å². The maximum atomic E-state index is 6.62. The van der Waals surface area contributed by atoms with Gasteiger partial charge in [0.15, 0.2) is 6.29 Å². The molecule has 37 heavy (non-hydrogen) atoms. The number of hydrogen-bond donors (Lipinski definition) is 0. The molecule has 2 heterocycles. The summed E-state index contributed by atoms with van der Waals surface area (Å²) in [5.74, 6) is 1.69. The van der Waals surface area contributed by atoms with Crippen LogP contribution in [0.2, 0.25) is 0 Å². The van der Waals surface area contributed by atoms with Gasteiger partial charge in [0.25, 0.3) is 0 Å². The number of methoxy groups -OCH3 is 1. The van der Waals surface area contributed by atoms with Crippen LogP contribution in [-0.2, 0) is 36.9 Å². The molecule has 6 nitrogen and oxygen atoms in total. The SMILES string of the molecule is CCS[C@@H]1O[C@@H]2COC(c3ccc(OC)cc3)O[C@H]2[C@H](OCc2ccccc2)[C@H]1OCc1ccccc1. The van der Waals surface area contributed by atoms with Crippen LogP contribution in [0.25, 0.3) is 0 Å². The second-order valence-corrected chi connectivity index (χ2v) is 10.4. The Bertz CT molecular complexity index is 1080. The maximum Gasteiger partial charge on any atom is 0.184 e. The van der Waals surface area contributed by atoms with E-state index < -0.39 is 6.29 Å².